The highest BCUT2D eigenvalue weighted by atomic mass is 16.3. The van der Waals surface area contributed by atoms with Crippen LogP contribution in [0.4, 0.5) is 0 Å². The molecule has 1 atom stereocenters. The Morgan fingerprint density at radius 1 is 1.25 bits per heavy atom. The number of hydrogen-bond acceptors (Lipinski definition) is 4. The van der Waals surface area contributed by atoms with E-state index in [1.165, 1.54) is 0 Å². The molecule has 2 saturated heterocycles. The van der Waals surface area contributed by atoms with E-state index in [4.69, 9.17) is 4.42 Å². The summed E-state index contributed by atoms with van der Waals surface area (Å²) in [6.45, 7) is 1.95. The lowest BCUT2D eigenvalue weighted by Crippen LogP contribution is -2.42. The Morgan fingerprint density at radius 3 is 2.67 bits per heavy atom. The van der Waals surface area contributed by atoms with Gasteiger partial charge in [0.05, 0.1) is 5.92 Å². The number of likely N-dealkylation sites (tertiary alicyclic amines) is 2. The van der Waals surface area contributed by atoms with Crippen molar-refractivity contribution in [2.45, 2.75) is 25.2 Å². The van der Waals surface area contributed by atoms with E-state index in [0.29, 0.717) is 26.1 Å². The topological polar surface area (TPSA) is 66.7 Å². The van der Waals surface area contributed by atoms with E-state index in [0.717, 1.165) is 29.8 Å². The number of oxazole rings is 1. The number of benzene rings is 1. The molecule has 0 radical (unpaired) electrons. The molecule has 0 bridgehead atoms. The second-order valence-corrected chi connectivity index (χ2v) is 6.79. The van der Waals surface area contributed by atoms with Crippen molar-refractivity contribution in [3.63, 3.8) is 0 Å². The zero-order valence-corrected chi connectivity index (χ0v) is 13.8. The summed E-state index contributed by atoms with van der Waals surface area (Å²) in [5, 5.41) is 0. The molecule has 3 heterocycles. The van der Waals surface area contributed by atoms with Gasteiger partial charge in [0.2, 0.25) is 11.8 Å². The number of carbonyl (C=O) groups is 2. The summed E-state index contributed by atoms with van der Waals surface area (Å²) in [6, 6.07) is 7.78. The molecule has 24 heavy (non-hydrogen) atoms. The predicted molar refractivity (Wildman–Crippen MR) is 88.3 cm³/mol. The molecule has 4 rings (SSSR count). The molecule has 0 spiro atoms. The second-order valence-electron chi connectivity index (χ2n) is 6.79. The summed E-state index contributed by atoms with van der Waals surface area (Å²) in [7, 11) is 1.76. The lowest BCUT2D eigenvalue weighted by atomic mass is 9.95. The van der Waals surface area contributed by atoms with Gasteiger partial charge in [0.25, 0.3) is 0 Å². The fourth-order valence-electron chi connectivity index (χ4n) is 3.70. The van der Waals surface area contributed by atoms with Crippen LogP contribution in [0.25, 0.3) is 11.1 Å². The molecule has 1 aromatic carbocycles. The van der Waals surface area contributed by atoms with Gasteiger partial charge in [-0.1, -0.05) is 12.1 Å². The largest absolute Gasteiger partial charge is 0.440 e. The summed E-state index contributed by atoms with van der Waals surface area (Å²) < 4.78 is 5.87. The standard InChI is InChI=1S/C18H21N3O3/c1-20-11-13(10-16(20)22)18(23)21-8-6-12(7-9-21)17-19-14-4-2-3-5-15(14)24-17/h2-5,12-13H,6-11H2,1H3/t13-/m1/s1. The van der Waals surface area contributed by atoms with E-state index in [9.17, 15) is 9.59 Å². The van der Waals surface area contributed by atoms with Gasteiger partial charge in [0, 0.05) is 39.0 Å². The second kappa shape index (κ2) is 5.92. The molecule has 2 fully saturated rings. The fourth-order valence-corrected chi connectivity index (χ4v) is 3.70. The van der Waals surface area contributed by atoms with Crippen LogP contribution in [0.3, 0.4) is 0 Å². The first kappa shape index (κ1) is 15.2. The van der Waals surface area contributed by atoms with Crippen molar-refractivity contribution in [3.8, 4) is 0 Å². The molecule has 0 saturated carbocycles. The first-order valence-electron chi connectivity index (χ1n) is 8.50. The molecule has 0 aliphatic carbocycles. The minimum Gasteiger partial charge on any atom is -0.440 e. The number of carbonyl (C=O) groups excluding carboxylic acids is 2. The van der Waals surface area contributed by atoms with Crippen molar-refractivity contribution < 1.29 is 14.0 Å². The van der Waals surface area contributed by atoms with Crippen molar-refractivity contribution in [2.75, 3.05) is 26.7 Å². The zero-order chi connectivity index (χ0) is 16.7. The summed E-state index contributed by atoms with van der Waals surface area (Å²) >= 11 is 0. The quantitative estimate of drug-likeness (QED) is 0.846. The van der Waals surface area contributed by atoms with Crippen molar-refractivity contribution in [1.29, 1.82) is 0 Å². The Bertz CT molecular complexity index is 744. The van der Waals surface area contributed by atoms with Gasteiger partial charge in [-0.05, 0) is 25.0 Å². The molecule has 2 amide bonds. The van der Waals surface area contributed by atoms with Gasteiger partial charge in [0.15, 0.2) is 11.5 Å². The van der Waals surface area contributed by atoms with E-state index in [1.807, 2.05) is 29.2 Å². The molecule has 126 valence electrons. The Balaban J connectivity index is 1.39. The number of fused-ring (bicyclic) bond motifs is 1. The summed E-state index contributed by atoms with van der Waals surface area (Å²) in [5.74, 6) is 1.04. The van der Waals surface area contributed by atoms with Crippen molar-refractivity contribution in [3.05, 3.63) is 30.2 Å². The highest BCUT2D eigenvalue weighted by molar-refractivity contribution is 5.89. The monoisotopic (exact) mass is 327 g/mol. The normalized spacial score (nSPS) is 22.5. The van der Waals surface area contributed by atoms with Crippen LogP contribution in [0, 0.1) is 5.92 Å². The van der Waals surface area contributed by atoms with Gasteiger partial charge in [-0.3, -0.25) is 9.59 Å². The van der Waals surface area contributed by atoms with Crippen LogP contribution in [0.1, 0.15) is 31.1 Å². The third kappa shape index (κ3) is 2.66. The van der Waals surface area contributed by atoms with Gasteiger partial charge in [-0.15, -0.1) is 0 Å². The van der Waals surface area contributed by atoms with Crippen LogP contribution >= 0.6 is 0 Å². The van der Waals surface area contributed by atoms with E-state index in [-0.39, 0.29) is 23.7 Å². The molecule has 6 heteroatoms. The van der Waals surface area contributed by atoms with Crippen LogP contribution in [0.2, 0.25) is 0 Å². The third-order valence-corrected chi connectivity index (χ3v) is 5.16. The molecule has 1 aromatic heterocycles. The van der Waals surface area contributed by atoms with Crippen LogP contribution in [-0.4, -0.2) is 53.3 Å². The maximum Gasteiger partial charge on any atom is 0.227 e. The van der Waals surface area contributed by atoms with Gasteiger partial charge >= 0.3 is 0 Å². The van der Waals surface area contributed by atoms with Crippen LogP contribution in [0.5, 0.6) is 0 Å². The van der Waals surface area contributed by atoms with E-state index in [2.05, 4.69) is 4.98 Å². The van der Waals surface area contributed by atoms with E-state index < -0.39 is 0 Å². The first-order chi connectivity index (χ1) is 11.6. The van der Waals surface area contributed by atoms with Crippen LogP contribution < -0.4 is 0 Å². The molecular formula is C18H21N3O3. The Kier molecular flexibility index (Phi) is 3.75. The van der Waals surface area contributed by atoms with Crippen molar-refractivity contribution in [1.82, 2.24) is 14.8 Å². The molecule has 2 aliphatic rings. The maximum atomic E-state index is 12.6. The number of nitrogens with zero attached hydrogens (tertiary/aromatic N) is 3. The third-order valence-electron chi connectivity index (χ3n) is 5.16. The van der Waals surface area contributed by atoms with E-state index in [1.54, 1.807) is 11.9 Å². The molecule has 0 N–H and O–H groups in total. The van der Waals surface area contributed by atoms with Crippen LogP contribution in [0.15, 0.2) is 28.7 Å². The van der Waals surface area contributed by atoms with Gasteiger partial charge in [-0.25, -0.2) is 4.98 Å². The van der Waals surface area contributed by atoms with Gasteiger partial charge in [-0.2, -0.15) is 0 Å². The number of para-hydroxylation sites is 2. The lowest BCUT2D eigenvalue weighted by molar-refractivity contribution is -0.136. The highest BCUT2D eigenvalue weighted by Crippen LogP contribution is 2.31. The average Bonchev–Trinajstić information content (AvgIpc) is 3.18. The Morgan fingerprint density at radius 2 is 2.00 bits per heavy atom. The number of rotatable bonds is 2. The maximum absolute atomic E-state index is 12.6. The molecule has 2 aliphatic heterocycles. The SMILES string of the molecule is CN1C[C@H](C(=O)N2CCC(c3nc4ccccc4o3)CC2)CC1=O. The van der Waals surface area contributed by atoms with Gasteiger partial charge in [0.1, 0.15) is 5.52 Å². The number of amides is 2. The summed E-state index contributed by atoms with van der Waals surface area (Å²) in [6.07, 6.45) is 2.06. The lowest BCUT2D eigenvalue weighted by Gasteiger charge is -2.32. The Labute approximate surface area is 140 Å². The average molecular weight is 327 g/mol. The molecular weight excluding hydrogens is 306 g/mol. The van der Waals surface area contributed by atoms with Crippen LogP contribution in [-0.2, 0) is 9.59 Å². The minimum absolute atomic E-state index is 0.0645. The predicted octanol–water partition coefficient (Wildman–Crippen LogP) is 2.01. The molecule has 0 unspecified atom stereocenters. The van der Waals surface area contributed by atoms with Gasteiger partial charge < -0.3 is 14.2 Å². The summed E-state index contributed by atoms with van der Waals surface area (Å²) in [5.41, 5.74) is 1.71. The van der Waals surface area contributed by atoms with Crippen molar-refractivity contribution >= 4 is 22.9 Å². The number of piperidine rings is 1. The molecule has 6 nitrogen and oxygen atoms in total. The summed E-state index contributed by atoms with van der Waals surface area (Å²) in [4.78, 5) is 32.3. The Hall–Kier alpha value is -2.37. The highest BCUT2D eigenvalue weighted by Gasteiger charge is 2.36. The number of aromatic nitrogens is 1. The van der Waals surface area contributed by atoms with E-state index >= 15 is 0 Å². The first-order valence-corrected chi connectivity index (χ1v) is 8.50. The zero-order valence-electron chi connectivity index (χ0n) is 13.8. The smallest absolute Gasteiger partial charge is 0.227 e. The molecule has 2 aromatic rings. The number of hydrogen-bond donors (Lipinski definition) is 0. The van der Waals surface area contributed by atoms with Crippen molar-refractivity contribution in [2.24, 2.45) is 5.92 Å². The fraction of sp³-hybridized carbons (Fsp3) is 0.500. The minimum atomic E-state index is -0.177.